The summed E-state index contributed by atoms with van der Waals surface area (Å²) in [7, 11) is 4.47. The smallest absolute Gasteiger partial charge is 0.342 e. The second kappa shape index (κ2) is 7.27. The van der Waals surface area contributed by atoms with Gasteiger partial charge in [0.1, 0.15) is 28.9 Å². The van der Waals surface area contributed by atoms with Gasteiger partial charge in [0.25, 0.3) is 0 Å². The molecular weight excluding hydrogens is 356 g/mol. The Kier molecular flexibility index (Phi) is 4.65. The van der Waals surface area contributed by atoms with Crippen LogP contribution in [0.2, 0.25) is 0 Å². The SMILES string of the molecule is COC(=O)c1c(OC)c2c(c3ccc(OC)cc13)OC(c1ccccc1)C=C2. The van der Waals surface area contributed by atoms with Crippen LogP contribution in [0.1, 0.15) is 27.6 Å². The van der Waals surface area contributed by atoms with Gasteiger partial charge < -0.3 is 18.9 Å². The average Bonchev–Trinajstić information content (AvgIpc) is 2.77. The van der Waals surface area contributed by atoms with Crippen LogP contribution in [0.25, 0.3) is 16.8 Å². The number of esters is 1. The Morgan fingerprint density at radius 1 is 0.964 bits per heavy atom. The number of hydrogen-bond acceptors (Lipinski definition) is 5. The molecule has 0 saturated heterocycles. The summed E-state index contributed by atoms with van der Waals surface area (Å²) in [6.07, 6.45) is 3.66. The van der Waals surface area contributed by atoms with Crippen molar-refractivity contribution in [3.8, 4) is 17.2 Å². The summed E-state index contributed by atoms with van der Waals surface area (Å²) in [6.45, 7) is 0. The predicted molar refractivity (Wildman–Crippen MR) is 107 cm³/mol. The summed E-state index contributed by atoms with van der Waals surface area (Å²) in [5.74, 6) is 1.24. The number of benzene rings is 3. The Balaban J connectivity index is 1.99. The summed E-state index contributed by atoms with van der Waals surface area (Å²) in [6, 6.07) is 15.5. The molecule has 5 nitrogen and oxygen atoms in total. The van der Waals surface area contributed by atoms with Crippen LogP contribution in [0.4, 0.5) is 0 Å². The monoisotopic (exact) mass is 376 g/mol. The lowest BCUT2D eigenvalue weighted by Crippen LogP contribution is -2.13. The Hall–Kier alpha value is -3.47. The Morgan fingerprint density at radius 2 is 1.75 bits per heavy atom. The minimum absolute atomic E-state index is 0.229. The van der Waals surface area contributed by atoms with Gasteiger partial charge in [-0.2, -0.15) is 0 Å². The molecule has 0 spiro atoms. The topological polar surface area (TPSA) is 54.0 Å². The number of fused-ring (bicyclic) bond motifs is 3. The van der Waals surface area contributed by atoms with Crippen molar-refractivity contribution >= 4 is 22.8 Å². The van der Waals surface area contributed by atoms with Gasteiger partial charge in [-0.1, -0.05) is 30.3 Å². The minimum atomic E-state index is -0.475. The molecule has 0 amide bonds. The Labute approximate surface area is 163 Å². The van der Waals surface area contributed by atoms with Crippen LogP contribution in [0.15, 0.2) is 54.6 Å². The van der Waals surface area contributed by atoms with Crippen LogP contribution in [0.3, 0.4) is 0 Å². The lowest BCUT2D eigenvalue weighted by Gasteiger charge is -2.26. The molecule has 0 saturated carbocycles. The van der Waals surface area contributed by atoms with E-state index in [-0.39, 0.29) is 6.10 Å². The number of ether oxygens (including phenoxy) is 4. The van der Waals surface area contributed by atoms with E-state index in [1.165, 1.54) is 14.2 Å². The molecule has 0 N–H and O–H groups in total. The fourth-order valence-corrected chi connectivity index (χ4v) is 3.53. The number of carbonyl (C=O) groups excluding carboxylic acids is 1. The van der Waals surface area contributed by atoms with E-state index in [0.29, 0.717) is 33.8 Å². The van der Waals surface area contributed by atoms with Crippen LogP contribution in [-0.2, 0) is 4.74 Å². The van der Waals surface area contributed by atoms with E-state index in [2.05, 4.69) is 0 Å². The number of methoxy groups -OCH3 is 3. The van der Waals surface area contributed by atoms with Crippen molar-refractivity contribution in [2.24, 2.45) is 0 Å². The molecule has 28 heavy (non-hydrogen) atoms. The maximum atomic E-state index is 12.6. The van der Waals surface area contributed by atoms with Gasteiger partial charge in [0.05, 0.1) is 26.9 Å². The molecule has 0 bridgehead atoms. The molecule has 1 heterocycles. The van der Waals surface area contributed by atoms with Gasteiger partial charge in [0.15, 0.2) is 0 Å². The van der Waals surface area contributed by atoms with Crippen molar-refractivity contribution < 1.29 is 23.7 Å². The first-order valence-electron chi connectivity index (χ1n) is 8.87. The molecule has 142 valence electrons. The standard InChI is InChI=1S/C23H20O5/c1-25-15-9-10-16-18(13-15)20(23(24)27-3)22(26-2)17-11-12-19(28-21(16)17)14-7-5-4-6-8-14/h4-13,19H,1-3H3. The molecule has 0 fully saturated rings. The molecule has 0 radical (unpaired) electrons. The number of rotatable bonds is 4. The van der Waals surface area contributed by atoms with Crippen molar-refractivity contribution in [1.29, 1.82) is 0 Å². The quantitative estimate of drug-likeness (QED) is 0.613. The molecule has 3 aromatic rings. The molecular formula is C23H20O5. The molecule has 0 aromatic heterocycles. The maximum absolute atomic E-state index is 12.6. The zero-order chi connectivity index (χ0) is 19.7. The second-order valence-electron chi connectivity index (χ2n) is 6.36. The third-order valence-corrected chi connectivity index (χ3v) is 4.86. The Bertz CT molecular complexity index is 1070. The van der Waals surface area contributed by atoms with Crippen LogP contribution in [0.5, 0.6) is 17.2 Å². The maximum Gasteiger partial charge on any atom is 0.342 e. The average molecular weight is 376 g/mol. The van der Waals surface area contributed by atoms with Gasteiger partial charge in [0.2, 0.25) is 0 Å². The lowest BCUT2D eigenvalue weighted by molar-refractivity contribution is 0.0599. The highest BCUT2D eigenvalue weighted by Gasteiger charge is 2.28. The van der Waals surface area contributed by atoms with Gasteiger partial charge in [-0.3, -0.25) is 0 Å². The molecule has 1 aliphatic heterocycles. The van der Waals surface area contributed by atoms with E-state index in [9.17, 15) is 4.79 Å². The molecule has 1 unspecified atom stereocenters. The van der Waals surface area contributed by atoms with E-state index in [0.717, 1.165) is 10.9 Å². The van der Waals surface area contributed by atoms with E-state index in [1.54, 1.807) is 13.2 Å². The predicted octanol–water partition coefficient (Wildman–Crippen LogP) is 4.79. The highest BCUT2D eigenvalue weighted by Crippen LogP contribution is 2.47. The van der Waals surface area contributed by atoms with E-state index < -0.39 is 5.97 Å². The third-order valence-electron chi connectivity index (χ3n) is 4.86. The van der Waals surface area contributed by atoms with Crippen LogP contribution >= 0.6 is 0 Å². The van der Waals surface area contributed by atoms with Gasteiger partial charge in [-0.15, -0.1) is 0 Å². The Morgan fingerprint density at radius 3 is 2.43 bits per heavy atom. The van der Waals surface area contributed by atoms with Gasteiger partial charge in [-0.25, -0.2) is 4.79 Å². The first-order valence-corrected chi connectivity index (χ1v) is 8.87. The number of carbonyl (C=O) groups is 1. The number of hydrogen-bond donors (Lipinski definition) is 0. The third kappa shape index (κ3) is 2.85. The molecule has 3 aromatic carbocycles. The van der Waals surface area contributed by atoms with E-state index in [1.807, 2.05) is 54.6 Å². The first-order chi connectivity index (χ1) is 13.7. The molecule has 1 atom stereocenters. The summed E-state index contributed by atoms with van der Waals surface area (Å²) in [5.41, 5.74) is 2.11. The van der Waals surface area contributed by atoms with Crippen molar-refractivity contribution in [2.75, 3.05) is 21.3 Å². The highest BCUT2D eigenvalue weighted by molar-refractivity contribution is 6.11. The largest absolute Gasteiger partial charge is 0.497 e. The highest BCUT2D eigenvalue weighted by atomic mass is 16.5. The van der Waals surface area contributed by atoms with Crippen molar-refractivity contribution in [3.63, 3.8) is 0 Å². The van der Waals surface area contributed by atoms with Gasteiger partial charge >= 0.3 is 5.97 Å². The van der Waals surface area contributed by atoms with Gasteiger partial charge in [-0.05, 0) is 35.9 Å². The van der Waals surface area contributed by atoms with Gasteiger partial charge in [0, 0.05) is 10.8 Å². The molecule has 5 heteroatoms. The summed E-state index contributed by atoms with van der Waals surface area (Å²) in [5, 5.41) is 1.45. The fraction of sp³-hybridized carbons (Fsp3) is 0.174. The summed E-state index contributed by atoms with van der Waals surface area (Å²) >= 11 is 0. The normalized spacial score (nSPS) is 14.9. The van der Waals surface area contributed by atoms with Crippen LogP contribution < -0.4 is 14.2 Å². The van der Waals surface area contributed by atoms with E-state index in [4.69, 9.17) is 18.9 Å². The minimum Gasteiger partial charge on any atom is -0.497 e. The zero-order valence-electron chi connectivity index (χ0n) is 15.9. The lowest BCUT2D eigenvalue weighted by atomic mass is 9.94. The molecule has 0 aliphatic carbocycles. The zero-order valence-corrected chi connectivity index (χ0v) is 15.9. The van der Waals surface area contributed by atoms with E-state index >= 15 is 0 Å². The summed E-state index contributed by atoms with van der Waals surface area (Å²) in [4.78, 5) is 12.6. The summed E-state index contributed by atoms with van der Waals surface area (Å²) < 4.78 is 22.3. The van der Waals surface area contributed by atoms with Crippen molar-refractivity contribution in [3.05, 3.63) is 71.3 Å². The van der Waals surface area contributed by atoms with Crippen LogP contribution in [-0.4, -0.2) is 27.3 Å². The fourth-order valence-electron chi connectivity index (χ4n) is 3.53. The van der Waals surface area contributed by atoms with Crippen LogP contribution in [0, 0.1) is 0 Å². The molecule has 1 aliphatic rings. The molecule has 4 rings (SSSR count). The second-order valence-corrected chi connectivity index (χ2v) is 6.36. The first kappa shape index (κ1) is 17.9. The van der Waals surface area contributed by atoms with Crippen molar-refractivity contribution in [2.45, 2.75) is 6.10 Å². The van der Waals surface area contributed by atoms with Crippen molar-refractivity contribution in [1.82, 2.24) is 0 Å².